The molecule has 230 valence electrons. The molecule has 1 aromatic heterocycles. The van der Waals surface area contributed by atoms with Crippen molar-refractivity contribution in [2.24, 2.45) is 11.7 Å². The van der Waals surface area contributed by atoms with Crippen LogP contribution in [0, 0.1) is 12.8 Å². The molecule has 1 saturated heterocycles. The van der Waals surface area contributed by atoms with Crippen molar-refractivity contribution in [2.45, 2.75) is 101 Å². The standard InChI is InChI=1S/C30H43N5O6S/c1-4-22-17-30(31,35(15-8-5-9-16-36)18-25(22)27-20(2)32-19-33-27)29(38)41-42(39,40)26-14-10-13-24(23-11-6-7-12-23)28(26)34-21(3)37/h10,13-14,16,19,22-23,25H,4-9,11-12,15,17-18,31H2,1-3H3,(H,32,33)(H,34,37). The molecule has 1 amide bonds. The minimum Gasteiger partial charge on any atom is -0.348 e. The van der Waals surface area contributed by atoms with Crippen LogP contribution in [0.15, 0.2) is 29.4 Å². The second kappa shape index (κ2) is 13.5. The van der Waals surface area contributed by atoms with Crippen molar-refractivity contribution in [2.75, 3.05) is 18.4 Å². The molecule has 3 atom stereocenters. The molecular formula is C30H43N5O6S. The van der Waals surface area contributed by atoms with Gasteiger partial charge in [0.05, 0.1) is 17.7 Å². The summed E-state index contributed by atoms with van der Waals surface area (Å²) in [6.07, 6.45) is 8.76. The largest absolute Gasteiger partial charge is 0.357 e. The average molecular weight is 602 g/mol. The summed E-state index contributed by atoms with van der Waals surface area (Å²) in [5.74, 6) is -1.46. The van der Waals surface area contributed by atoms with Crippen LogP contribution in [-0.4, -0.2) is 60.2 Å². The summed E-state index contributed by atoms with van der Waals surface area (Å²) in [7, 11) is -4.65. The minimum absolute atomic E-state index is 0.0251. The number of H-pyrrole nitrogens is 1. The number of piperidine rings is 1. The lowest BCUT2D eigenvalue weighted by atomic mass is 9.75. The minimum atomic E-state index is -4.65. The molecule has 2 aromatic rings. The van der Waals surface area contributed by atoms with Gasteiger partial charge < -0.3 is 25.0 Å². The number of aryl methyl sites for hydroxylation is 1. The molecule has 2 fully saturated rings. The molecular weight excluding hydrogens is 558 g/mol. The normalized spacial score (nSPS) is 23.5. The molecule has 3 unspecified atom stereocenters. The number of imidazole rings is 1. The zero-order valence-corrected chi connectivity index (χ0v) is 25.5. The first-order valence-electron chi connectivity index (χ1n) is 14.9. The van der Waals surface area contributed by atoms with Crippen LogP contribution in [0.25, 0.3) is 0 Å². The maximum Gasteiger partial charge on any atom is 0.357 e. The lowest BCUT2D eigenvalue weighted by molar-refractivity contribution is -0.153. The van der Waals surface area contributed by atoms with Gasteiger partial charge in [-0.15, -0.1) is 0 Å². The van der Waals surface area contributed by atoms with Crippen LogP contribution in [0.2, 0.25) is 0 Å². The van der Waals surface area contributed by atoms with Crippen LogP contribution in [-0.2, 0) is 28.7 Å². The molecule has 0 bridgehead atoms. The van der Waals surface area contributed by atoms with E-state index in [9.17, 15) is 22.8 Å². The van der Waals surface area contributed by atoms with E-state index in [0.29, 0.717) is 38.8 Å². The first-order chi connectivity index (χ1) is 20.0. The number of unbranched alkanes of at least 4 members (excludes halogenated alkanes) is 2. The summed E-state index contributed by atoms with van der Waals surface area (Å²) in [5.41, 5.74) is 7.83. The van der Waals surface area contributed by atoms with Gasteiger partial charge >= 0.3 is 16.1 Å². The molecule has 4 rings (SSSR count). The SMILES string of the molecule is CCC1CC(N)(C(=O)OS(=O)(=O)c2cccc(C3CCCC3)c2NC(C)=O)N(CCCCC=O)CC1c1nc[nH]c1C. The number of amides is 1. The fourth-order valence-corrected chi connectivity index (χ4v) is 7.69. The molecule has 11 nitrogen and oxygen atoms in total. The Morgan fingerprint density at radius 1 is 1.26 bits per heavy atom. The number of nitrogens with two attached hydrogens (primary N) is 1. The Bertz CT molecular complexity index is 1390. The van der Waals surface area contributed by atoms with E-state index in [0.717, 1.165) is 48.9 Å². The van der Waals surface area contributed by atoms with Gasteiger partial charge in [-0.25, -0.2) is 9.78 Å². The van der Waals surface area contributed by atoms with Gasteiger partial charge in [-0.3, -0.25) is 9.69 Å². The molecule has 0 radical (unpaired) electrons. The predicted octanol–water partition coefficient (Wildman–Crippen LogP) is 4.11. The summed E-state index contributed by atoms with van der Waals surface area (Å²) in [6, 6.07) is 4.78. The van der Waals surface area contributed by atoms with E-state index < -0.39 is 27.7 Å². The van der Waals surface area contributed by atoms with Crippen LogP contribution in [0.1, 0.15) is 100 Å². The molecule has 2 heterocycles. The fourth-order valence-electron chi connectivity index (χ4n) is 6.60. The van der Waals surface area contributed by atoms with E-state index >= 15 is 0 Å². The Balaban J connectivity index is 1.66. The Hall–Kier alpha value is -3.09. The summed E-state index contributed by atoms with van der Waals surface area (Å²) in [6.45, 7) is 6.03. The van der Waals surface area contributed by atoms with Gasteiger partial charge in [-0.1, -0.05) is 38.3 Å². The zero-order valence-electron chi connectivity index (χ0n) is 24.7. The number of rotatable bonds is 12. The number of anilines is 1. The van der Waals surface area contributed by atoms with E-state index in [4.69, 9.17) is 9.92 Å². The second-order valence-corrected chi connectivity index (χ2v) is 13.1. The van der Waals surface area contributed by atoms with Crippen molar-refractivity contribution in [3.05, 3.63) is 41.5 Å². The lowest BCUT2D eigenvalue weighted by Crippen LogP contribution is -2.67. The summed E-state index contributed by atoms with van der Waals surface area (Å²) >= 11 is 0. The van der Waals surface area contributed by atoms with Gasteiger partial charge in [0.15, 0.2) is 5.66 Å². The molecule has 1 aliphatic carbocycles. The number of aldehydes is 1. The van der Waals surface area contributed by atoms with E-state index in [1.54, 1.807) is 17.3 Å². The molecule has 1 aromatic carbocycles. The van der Waals surface area contributed by atoms with Crippen molar-refractivity contribution in [1.29, 1.82) is 0 Å². The third kappa shape index (κ3) is 6.76. The van der Waals surface area contributed by atoms with E-state index in [1.807, 2.05) is 19.9 Å². The number of carbonyl (C=O) groups is 3. The van der Waals surface area contributed by atoms with Crippen LogP contribution < -0.4 is 11.1 Å². The first kappa shape index (κ1) is 31.8. The third-order valence-corrected chi connectivity index (χ3v) is 10.1. The molecule has 12 heteroatoms. The van der Waals surface area contributed by atoms with Crippen molar-refractivity contribution < 1.29 is 27.0 Å². The fraction of sp³-hybridized carbons (Fsp3) is 0.600. The molecule has 2 aliphatic rings. The molecule has 4 N–H and O–H groups in total. The zero-order chi connectivity index (χ0) is 30.5. The average Bonchev–Trinajstić information content (AvgIpc) is 3.63. The highest BCUT2D eigenvalue weighted by atomic mass is 32.2. The molecule has 42 heavy (non-hydrogen) atoms. The lowest BCUT2D eigenvalue weighted by Gasteiger charge is -2.48. The number of nitrogens with one attached hydrogen (secondary N) is 2. The van der Waals surface area contributed by atoms with Crippen molar-refractivity contribution in [3.8, 4) is 0 Å². The molecule has 0 spiro atoms. The van der Waals surface area contributed by atoms with Gasteiger partial charge in [0, 0.05) is 38.0 Å². The maximum absolute atomic E-state index is 13.9. The quantitative estimate of drug-likeness (QED) is 0.184. The second-order valence-electron chi connectivity index (χ2n) is 11.6. The molecule has 1 saturated carbocycles. The van der Waals surface area contributed by atoms with Crippen LogP contribution in [0.5, 0.6) is 0 Å². The van der Waals surface area contributed by atoms with Crippen molar-refractivity contribution in [3.63, 3.8) is 0 Å². The van der Waals surface area contributed by atoms with Gasteiger partial charge in [-0.2, -0.15) is 8.42 Å². The Morgan fingerprint density at radius 3 is 2.62 bits per heavy atom. The highest BCUT2D eigenvalue weighted by molar-refractivity contribution is 7.87. The number of hydrogen-bond acceptors (Lipinski definition) is 9. The van der Waals surface area contributed by atoms with Crippen LogP contribution in [0.3, 0.4) is 0 Å². The number of likely N-dealkylation sites (tertiary alicyclic amines) is 1. The smallest absolute Gasteiger partial charge is 0.348 e. The number of carbonyl (C=O) groups excluding carboxylic acids is 3. The Morgan fingerprint density at radius 2 is 2.00 bits per heavy atom. The third-order valence-electron chi connectivity index (χ3n) is 8.83. The maximum atomic E-state index is 13.9. The summed E-state index contributed by atoms with van der Waals surface area (Å²) in [4.78, 5) is 46.1. The predicted molar refractivity (Wildman–Crippen MR) is 158 cm³/mol. The highest BCUT2D eigenvalue weighted by Crippen LogP contribution is 2.43. The van der Waals surface area contributed by atoms with Crippen molar-refractivity contribution in [1.82, 2.24) is 14.9 Å². The van der Waals surface area contributed by atoms with Crippen LogP contribution in [0.4, 0.5) is 5.69 Å². The summed E-state index contributed by atoms with van der Waals surface area (Å²) in [5, 5.41) is 2.69. The number of benzene rings is 1. The van der Waals surface area contributed by atoms with Crippen LogP contribution >= 0.6 is 0 Å². The highest BCUT2D eigenvalue weighted by Gasteiger charge is 2.51. The Labute approximate surface area is 248 Å². The number of aromatic nitrogens is 2. The number of nitrogens with zero attached hydrogens (tertiary/aromatic N) is 2. The Kier molecular flexibility index (Phi) is 10.2. The topological polar surface area (TPSA) is 165 Å². The van der Waals surface area contributed by atoms with Gasteiger partial charge in [0.1, 0.15) is 11.2 Å². The molecule has 1 aliphatic heterocycles. The van der Waals surface area contributed by atoms with Gasteiger partial charge in [0.25, 0.3) is 0 Å². The monoisotopic (exact) mass is 601 g/mol. The number of aromatic amines is 1. The van der Waals surface area contributed by atoms with Gasteiger partial charge in [-0.05, 0) is 62.5 Å². The van der Waals surface area contributed by atoms with Crippen molar-refractivity contribution >= 4 is 34.0 Å². The van der Waals surface area contributed by atoms with E-state index in [2.05, 4.69) is 15.3 Å². The first-order valence-corrected chi connectivity index (χ1v) is 16.3. The van der Waals surface area contributed by atoms with E-state index in [1.165, 1.54) is 13.0 Å². The van der Waals surface area contributed by atoms with Gasteiger partial charge in [0.2, 0.25) is 5.91 Å². The summed E-state index contributed by atoms with van der Waals surface area (Å²) < 4.78 is 32.8. The number of para-hydroxylation sites is 1. The number of hydrogen-bond donors (Lipinski definition) is 3. The van der Waals surface area contributed by atoms with E-state index in [-0.39, 0.29) is 34.8 Å².